The summed E-state index contributed by atoms with van der Waals surface area (Å²) in [5, 5.41) is 2.79. The average Bonchev–Trinajstić information content (AvgIpc) is 2.22. The first kappa shape index (κ1) is 13.5. The van der Waals surface area contributed by atoms with Gasteiger partial charge in [0.2, 0.25) is 0 Å². The van der Waals surface area contributed by atoms with Crippen molar-refractivity contribution in [1.82, 2.24) is 9.97 Å². The molecule has 17 heavy (non-hydrogen) atoms. The van der Waals surface area contributed by atoms with Gasteiger partial charge in [-0.15, -0.1) is 0 Å². The molecule has 4 N–H and O–H groups in total. The molecule has 0 spiro atoms. The molecule has 1 heterocycles. The molecule has 1 aromatic heterocycles. The highest BCUT2D eigenvalue weighted by Gasteiger charge is 2.25. The maximum atomic E-state index is 11.9. The van der Waals surface area contributed by atoms with E-state index in [9.17, 15) is 13.2 Å². The van der Waals surface area contributed by atoms with E-state index < -0.39 is 12.6 Å². The zero-order valence-corrected chi connectivity index (χ0v) is 9.30. The fourth-order valence-electron chi connectivity index (χ4n) is 1.24. The van der Waals surface area contributed by atoms with E-state index in [-0.39, 0.29) is 13.0 Å². The van der Waals surface area contributed by atoms with Crippen LogP contribution in [0.1, 0.15) is 18.7 Å². The Balaban J connectivity index is 2.44. The Morgan fingerprint density at radius 2 is 1.94 bits per heavy atom. The van der Waals surface area contributed by atoms with Gasteiger partial charge in [-0.3, -0.25) is 0 Å². The van der Waals surface area contributed by atoms with Gasteiger partial charge in [0.1, 0.15) is 17.5 Å². The van der Waals surface area contributed by atoms with Gasteiger partial charge in [-0.05, 0) is 13.3 Å². The van der Waals surface area contributed by atoms with Crippen molar-refractivity contribution in [2.75, 3.05) is 17.3 Å². The lowest BCUT2D eigenvalue weighted by atomic mass is 10.3. The molecule has 0 aliphatic rings. The molecule has 0 amide bonds. The quantitative estimate of drug-likeness (QED) is 0.421. The molecule has 0 aromatic carbocycles. The summed E-state index contributed by atoms with van der Waals surface area (Å²) in [5.41, 5.74) is 2.35. The Morgan fingerprint density at radius 1 is 1.29 bits per heavy atom. The first-order valence-electron chi connectivity index (χ1n) is 5.03. The third kappa shape index (κ3) is 5.34. The fraction of sp³-hybridized carbons (Fsp3) is 0.556. The van der Waals surface area contributed by atoms with E-state index in [1.807, 2.05) is 0 Å². The summed E-state index contributed by atoms with van der Waals surface area (Å²) in [6.07, 6.45) is -4.93. The van der Waals surface area contributed by atoms with Crippen molar-refractivity contribution in [2.45, 2.75) is 25.9 Å². The second kappa shape index (κ2) is 5.67. The summed E-state index contributed by atoms with van der Waals surface area (Å²) in [6.45, 7) is 1.86. The second-order valence-electron chi connectivity index (χ2n) is 3.48. The zero-order valence-electron chi connectivity index (χ0n) is 9.30. The molecular weight excluding hydrogens is 235 g/mol. The number of hydrogen-bond donors (Lipinski definition) is 3. The molecule has 0 unspecified atom stereocenters. The number of nitrogen functional groups attached to an aromatic ring is 1. The number of anilines is 2. The Morgan fingerprint density at radius 3 is 2.53 bits per heavy atom. The predicted molar refractivity (Wildman–Crippen MR) is 58.4 cm³/mol. The van der Waals surface area contributed by atoms with Gasteiger partial charge >= 0.3 is 6.18 Å². The number of alkyl halides is 3. The van der Waals surface area contributed by atoms with Crippen LogP contribution in [0.25, 0.3) is 0 Å². The third-order valence-electron chi connectivity index (χ3n) is 1.93. The Bertz CT molecular complexity index is 366. The van der Waals surface area contributed by atoms with E-state index in [0.717, 1.165) is 0 Å². The van der Waals surface area contributed by atoms with E-state index in [0.29, 0.717) is 17.5 Å². The van der Waals surface area contributed by atoms with Gasteiger partial charge in [-0.1, -0.05) is 0 Å². The maximum absolute atomic E-state index is 11.9. The summed E-state index contributed by atoms with van der Waals surface area (Å²) in [6, 6.07) is 1.53. The minimum Gasteiger partial charge on any atom is -0.370 e. The van der Waals surface area contributed by atoms with Gasteiger partial charge < -0.3 is 10.7 Å². The molecule has 0 saturated carbocycles. The maximum Gasteiger partial charge on any atom is 0.389 e. The van der Waals surface area contributed by atoms with Gasteiger partial charge in [0.05, 0.1) is 0 Å². The van der Waals surface area contributed by atoms with Gasteiger partial charge in [0.25, 0.3) is 0 Å². The minimum absolute atomic E-state index is 0.00205. The van der Waals surface area contributed by atoms with Gasteiger partial charge in [0, 0.05) is 19.0 Å². The topological polar surface area (TPSA) is 75.9 Å². The summed E-state index contributed by atoms with van der Waals surface area (Å²) >= 11 is 0. The van der Waals surface area contributed by atoms with Crippen LogP contribution in [-0.2, 0) is 0 Å². The number of nitrogens with one attached hydrogen (secondary N) is 2. The highest BCUT2D eigenvalue weighted by atomic mass is 19.4. The van der Waals surface area contributed by atoms with Crippen LogP contribution >= 0.6 is 0 Å². The van der Waals surface area contributed by atoms with Crippen molar-refractivity contribution in [2.24, 2.45) is 5.84 Å². The normalized spacial score (nSPS) is 11.4. The van der Waals surface area contributed by atoms with Crippen molar-refractivity contribution < 1.29 is 13.2 Å². The number of nitrogens with zero attached hydrogens (tertiary/aromatic N) is 2. The standard InChI is InChI=1S/C9H14F3N5/c1-6-15-7(5-8(16-6)17-13)14-4-2-3-9(10,11)12/h5H,2-4,13H2,1H3,(H2,14,15,16,17). The highest BCUT2D eigenvalue weighted by molar-refractivity contribution is 5.46. The van der Waals surface area contributed by atoms with Crippen LogP contribution in [0.15, 0.2) is 6.07 Å². The molecule has 5 nitrogen and oxygen atoms in total. The van der Waals surface area contributed by atoms with E-state index in [1.165, 1.54) is 6.07 Å². The molecule has 1 rings (SSSR count). The average molecular weight is 249 g/mol. The van der Waals surface area contributed by atoms with Crippen molar-refractivity contribution in [3.05, 3.63) is 11.9 Å². The number of nitrogens with two attached hydrogens (primary N) is 1. The number of aryl methyl sites for hydroxylation is 1. The number of aromatic nitrogens is 2. The molecular formula is C9H14F3N5. The van der Waals surface area contributed by atoms with E-state index in [1.54, 1.807) is 6.92 Å². The fourth-order valence-corrected chi connectivity index (χ4v) is 1.24. The van der Waals surface area contributed by atoms with Crippen molar-refractivity contribution in [3.8, 4) is 0 Å². The molecule has 0 aliphatic carbocycles. The van der Waals surface area contributed by atoms with Gasteiger partial charge in [-0.2, -0.15) is 13.2 Å². The summed E-state index contributed by atoms with van der Waals surface area (Å²) < 4.78 is 35.7. The van der Waals surface area contributed by atoms with Crippen LogP contribution in [0.5, 0.6) is 0 Å². The molecule has 0 radical (unpaired) electrons. The molecule has 0 atom stereocenters. The molecule has 0 saturated heterocycles. The minimum atomic E-state index is -4.12. The molecule has 1 aromatic rings. The number of hydrazine groups is 1. The Labute approximate surface area is 96.6 Å². The predicted octanol–water partition coefficient (Wildman–Crippen LogP) is 1.83. The van der Waals surface area contributed by atoms with Crippen LogP contribution in [0.4, 0.5) is 24.8 Å². The van der Waals surface area contributed by atoms with Crippen LogP contribution in [0.2, 0.25) is 0 Å². The largest absolute Gasteiger partial charge is 0.389 e. The highest BCUT2D eigenvalue weighted by Crippen LogP contribution is 2.21. The van der Waals surface area contributed by atoms with Gasteiger partial charge in [0.15, 0.2) is 0 Å². The van der Waals surface area contributed by atoms with E-state index >= 15 is 0 Å². The first-order chi connectivity index (χ1) is 7.90. The van der Waals surface area contributed by atoms with Crippen molar-refractivity contribution in [1.29, 1.82) is 0 Å². The van der Waals surface area contributed by atoms with E-state index in [4.69, 9.17) is 5.84 Å². The second-order valence-corrected chi connectivity index (χ2v) is 3.48. The van der Waals surface area contributed by atoms with E-state index in [2.05, 4.69) is 20.7 Å². The Kier molecular flexibility index (Phi) is 4.50. The molecule has 0 aliphatic heterocycles. The molecule has 96 valence electrons. The molecule has 0 fully saturated rings. The van der Waals surface area contributed by atoms with Crippen LogP contribution in [-0.4, -0.2) is 22.7 Å². The summed E-state index contributed by atoms with van der Waals surface area (Å²) in [5.74, 6) is 6.53. The summed E-state index contributed by atoms with van der Waals surface area (Å²) in [7, 11) is 0. The van der Waals surface area contributed by atoms with Crippen LogP contribution in [0.3, 0.4) is 0 Å². The lowest BCUT2D eigenvalue weighted by molar-refractivity contribution is -0.134. The van der Waals surface area contributed by atoms with Crippen LogP contribution in [0, 0.1) is 6.92 Å². The smallest absolute Gasteiger partial charge is 0.370 e. The number of halogens is 3. The van der Waals surface area contributed by atoms with Crippen molar-refractivity contribution in [3.63, 3.8) is 0 Å². The molecule has 0 bridgehead atoms. The summed E-state index contributed by atoms with van der Waals surface area (Å²) in [4.78, 5) is 7.97. The number of rotatable bonds is 5. The third-order valence-corrected chi connectivity index (χ3v) is 1.93. The monoisotopic (exact) mass is 249 g/mol. The van der Waals surface area contributed by atoms with Gasteiger partial charge in [-0.25, -0.2) is 15.8 Å². The number of hydrogen-bond acceptors (Lipinski definition) is 5. The first-order valence-corrected chi connectivity index (χ1v) is 5.03. The zero-order chi connectivity index (χ0) is 12.9. The SMILES string of the molecule is Cc1nc(NN)cc(NCCCC(F)(F)F)n1. The van der Waals surface area contributed by atoms with Crippen molar-refractivity contribution >= 4 is 11.6 Å². The Hall–Kier alpha value is -1.57. The lowest BCUT2D eigenvalue weighted by Gasteiger charge is -2.09. The molecule has 8 heteroatoms. The lowest BCUT2D eigenvalue weighted by Crippen LogP contribution is -2.13. The van der Waals surface area contributed by atoms with Crippen LogP contribution < -0.4 is 16.6 Å².